The van der Waals surface area contributed by atoms with Crippen molar-refractivity contribution in [1.29, 1.82) is 0 Å². The lowest BCUT2D eigenvalue weighted by atomic mass is 10.1. The number of phosphoric acid groups is 1. The first-order chi connectivity index (χ1) is 10.9. The molecule has 2 aromatic rings. The molecule has 0 heterocycles. The molecule has 23 heavy (non-hydrogen) atoms. The fraction of sp³-hybridized carbons (Fsp3) is 0.188. The maximum absolute atomic E-state index is 11.8. The summed E-state index contributed by atoms with van der Waals surface area (Å²) in [7, 11) is -4.57. The molecule has 0 fully saturated rings. The Morgan fingerprint density at radius 2 is 1.78 bits per heavy atom. The van der Waals surface area contributed by atoms with Crippen LogP contribution in [0.4, 0.5) is 0 Å². The van der Waals surface area contributed by atoms with E-state index in [0.29, 0.717) is 5.56 Å². The number of carbonyl (C=O) groups is 1. The lowest BCUT2D eigenvalue weighted by Crippen LogP contribution is -2.07. The lowest BCUT2D eigenvalue weighted by Gasteiger charge is -2.13. The van der Waals surface area contributed by atoms with Gasteiger partial charge in [-0.1, -0.05) is 41.9 Å². The number of hydrogen-bond donors (Lipinski definition) is 1. The van der Waals surface area contributed by atoms with E-state index in [1.165, 1.54) is 6.07 Å². The number of phosphoric ester groups is 1. The van der Waals surface area contributed by atoms with Crippen molar-refractivity contribution >= 4 is 13.8 Å². The number of aryl methyl sites for hydroxylation is 2. The Kier molecular flexibility index (Phi) is 5.55. The van der Waals surface area contributed by atoms with E-state index in [4.69, 9.17) is 4.52 Å². The van der Waals surface area contributed by atoms with Gasteiger partial charge >= 0.3 is 13.8 Å². The second kappa shape index (κ2) is 7.42. The zero-order valence-corrected chi connectivity index (χ0v) is 13.7. The summed E-state index contributed by atoms with van der Waals surface area (Å²) in [5.74, 6) is -0.711. The van der Waals surface area contributed by atoms with Crippen molar-refractivity contribution < 1.29 is 28.3 Å². The minimum atomic E-state index is -4.57. The van der Waals surface area contributed by atoms with Crippen LogP contribution >= 0.6 is 7.82 Å². The third-order valence-electron chi connectivity index (χ3n) is 3.11. The second-order valence-corrected chi connectivity index (χ2v) is 6.09. The van der Waals surface area contributed by atoms with Gasteiger partial charge in [0.25, 0.3) is 0 Å². The van der Waals surface area contributed by atoms with Crippen LogP contribution in [-0.4, -0.2) is 10.9 Å². The van der Waals surface area contributed by atoms with Gasteiger partial charge in [-0.25, -0.2) is 9.36 Å². The summed E-state index contributed by atoms with van der Waals surface area (Å²) in [6.07, 6.45) is 0.835. The monoisotopic (exact) mass is 336 g/mol. The van der Waals surface area contributed by atoms with Gasteiger partial charge in [0.2, 0.25) is 0 Å². The van der Waals surface area contributed by atoms with E-state index in [9.17, 15) is 14.3 Å². The molecule has 1 unspecified atom stereocenters. The molecule has 2 aromatic carbocycles. The van der Waals surface area contributed by atoms with E-state index in [0.717, 1.165) is 12.0 Å². The molecule has 1 atom stereocenters. The number of benzene rings is 2. The minimum Gasteiger partial charge on any atom is -0.402 e. The Balaban J connectivity index is 1.96. The molecule has 7 heteroatoms. The minimum absolute atomic E-state index is 0.168. The average molecular weight is 336 g/mol. The number of rotatable bonds is 6. The maximum atomic E-state index is 11.8. The Bertz CT molecular complexity index is 726. The van der Waals surface area contributed by atoms with Crippen LogP contribution in [0.2, 0.25) is 0 Å². The topological polar surface area (TPSA) is 82.1 Å². The zero-order chi connectivity index (χ0) is 16.9. The number of carbonyl (C=O) groups excluding carboxylic acids is 1. The van der Waals surface area contributed by atoms with Gasteiger partial charge in [-0.2, -0.15) is 0 Å². The van der Waals surface area contributed by atoms with Crippen LogP contribution < -0.4 is 4.52 Å². The fourth-order valence-electron chi connectivity index (χ4n) is 1.80. The van der Waals surface area contributed by atoms with Crippen LogP contribution in [-0.2, 0) is 20.5 Å². The summed E-state index contributed by atoms with van der Waals surface area (Å²) >= 11 is 0. The first kappa shape index (κ1) is 17.2. The molecule has 0 saturated carbocycles. The van der Waals surface area contributed by atoms with Crippen LogP contribution in [0.15, 0.2) is 48.5 Å². The van der Waals surface area contributed by atoms with Crippen LogP contribution in [0, 0.1) is 6.92 Å². The maximum Gasteiger partial charge on any atom is 0.564 e. The summed E-state index contributed by atoms with van der Waals surface area (Å²) in [6, 6.07) is 13.2. The molecular formula is C16H17O6P. The fourth-order valence-corrected chi connectivity index (χ4v) is 2.45. The Labute approximate surface area is 134 Å². The average Bonchev–Trinajstić information content (AvgIpc) is 2.55. The Morgan fingerprint density at radius 3 is 2.39 bits per heavy atom. The molecule has 0 amide bonds. The number of hydrogen-bond acceptors (Lipinski definition) is 5. The highest BCUT2D eigenvalue weighted by molar-refractivity contribution is 7.47. The third-order valence-corrected chi connectivity index (χ3v) is 3.80. The molecule has 0 aliphatic rings. The predicted molar refractivity (Wildman–Crippen MR) is 84.0 cm³/mol. The van der Waals surface area contributed by atoms with Gasteiger partial charge in [0.05, 0.1) is 5.56 Å². The van der Waals surface area contributed by atoms with E-state index in [1.54, 1.807) is 49.4 Å². The summed E-state index contributed by atoms with van der Waals surface area (Å²) in [6.45, 7) is 3.69. The molecule has 0 bridgehead atoms. The van der Waals surface area contributed by atoms with Gasteiger partial charge in [0.1, 0.15) is 5.75 Å². The van der Waals surface area contributed by atoms with Crippen molar-refractivity contribution in [2.75, 3.05) is 0 Å². The van der Waals surface area contributed by atoms with Crippen molar-refractivity contribution in [3.8, 4) is 5.75 Å². The molecule has 2 rings (SSSR count). The van der Waals surface area contributed by atoms with Gasteiger partial charge in [-0.15, -0.1) is 0 Å². The smallest absolute Gasteiger partial charge is 0.402 e. The molecule has 0 aliphatic carbocycles. The highest BCUT2D eigenvalue weighted by atomic mass is 31.2. The van der Waals surface area contributed by atoms with E-state index in [2.05, 4.69) is 9.56 Å². The van der Waals surface area contributed by atoms with E-state index >= 15 is 0 Å². The van der Waals surface area contributed by atoms with Crippen LogP contribution in [0.1, 0.15) is 28.4 Å². The zero-order valence-electron chi connectivity index (χ0n) is 12.8. The van der Waals surface area contributed by atoms with Crippen molar-refractivity contribution in [2.24, 2.45) is 0 Å². The van der Waals surface area contributed by atoms with Crippen molar-refractivity contribution in [2.45, 2.75) is 20.3 Å². The molecule has 0 aliphatic heterocycles. The third kappa shape index (κ3) is 4.93. The molecular weight excluding hydrogens is 319 g/mol. The van der Waals surface area contributed by atoms with E-state index < -0.39 is 13.8 Å². The number of para-hydroxylation sites is 1. The summed E-state index contributed by atoms with van der Waals surface area (Å²) in [4.78, 5) is 25.8. The van der Waals surface area contributed by atoms with Gasteiger partial charge in [-0.05, 0) is 42.7 Å². The predicted octanol–water partition coefficient (Wildman–Crippen LogP) is 3.83. The quantitative estimate of drug-likeness (QED) is 0.490. The molecule has 0 aromatic heterocycles. The second-order valence-electron chi connectivity index (χ2n) is 4.82. The Morgan fingerprint density at radius 1 is 1.13 bits per heavy atom. The summed E-state index contributed by atoms with van der Waals surface area (Å²) in [5.41, 5.74) is 1.91. The highest BCUT2D eigenvalue weighted by Gasteiger charge is 2.28. The van der Waals surface area contributed by atoms with Crippen LogP contribution in [0.25, 0.3) is 0 Å². The lowest BCUT2D eigenvalue weighted by molar-refractivity contribution is -0.165. The molecule has 6 nitrogen and oxygen atoms in total. The molecule has 1 N–H and O–H groups in total. The first-order valence-corrected chi connectivity index (χ1v) is 8.48. The van der Waals surface area contributed by atoms with Gasteiger partial charge in [0.15, 0.2) is 0 Å². The Hall–Kier alpha value is -2.14. The van der Waals surface area contributed by atoms with Crippen molar-refractivity contribution in [3.63, 3.8) is 0 Å². The standard InChI is InChI=1S/C16H17O6P/c1-3-13-8-10-14(11-9-13)16(17)20-22-23(18,19)21-15-7-5-4-6-12(15)2/h4-11H,3H2,1-2H3,(H,18,19). The van der Waals surface area contributed by atoms with Crippen LogP contribution in [0.5, 0.6) is 5.75 Å². The van der Waals surface area contributed by atoms with Crippen LogP contribution in [0.3, 0.4) is 0 Å². The molecule has 122 valence electrons. The largest absolute Gasteiger partial charge is 0.564 e. The normalized spacial score (nSPS) is 13.2. The highest BCUT2D eigenvalue weighted by Crippen LogP contribution is 2.45. The first-order valence-electron chi connectivity index (χ1n) is 6.99. The molecule has 0 saturated heterocycles. The van der Waals surface area contributed by atoms with Crippen molar-refractivity contribution in [1.82, 2.24) is 0 Å². The van der Waals surface area contributed by atoms with Gasteiger partial charge < -0.3 is 4.52 Å². The molecule has 0 radical (unpaired) electrons. The molecule has 0 spiro atoms. The van der Waals surface area contributed by atoms with Gasteiger partial charge in [-0.3, -0.25) is 9.78 Å². The summed E-state index contributed by atoms with van der Waals surface area (Å²) in [5, 5.41) is 0. The summed E-state index contributed by atoms with van der Waals surface area (Å²) < 4.78 is 21.0. The SMILES string of the molecule is CCc1ccc(C(=O)OOP(=O)(O)Oc2ccccc2C)cc1. The van der Waals surface area contributed by atoms with Gasteiger partial charge in [0, 0.05) is 0 Å². The van der Waals surface area contributed by atoms with Crippen molar-refractivity contribution in [3.05, 3.63) is 65.2 Å². The van der Waals surface area contributed by atoms with E-state index in [-0.39, 0.29) is 11.3 Å². The van der Waals surface area contributed by atoms with E-state index in [1.807, 2.05) is 6.92 Å².